The second-order valence-corrected chi connectivity index (χ2v) is 9.16. The lowest BCUT2D eigenvalue weighted by Gasteiger charge is -2.29. The molecule has 214 valence electrons. The van der Waals surface area contributed by atoms with Crippen LogP contribution in [0.2, 0.25) is 0 Å². The van der Waals surface area contributed by atoms with Crippen LogP contribution in [0.1, 0.15) is 39.4 Å². The topological polar surface area (TPSA) is 162 Å². The zero-order valence-corrected chi connectivity index (χ0v) is 22.3. The molecule has 12 nitrogen and oxygen atoms in total. The summed E-state index contributed by atoms with van der Waals surface area (Å²) in [5, 5.41) is 25.8. The number of hydrogen-bond donors (Lipinski definition) is 3. The molecule has 41 heavy (non-hydrogen) atoms. The first kappa shape index (κ1) is 29.2. The maximum atomic E-state index is 13.0. The minimum absolute atomic E-state index is 0.0491. The number of rotatable bonds is 12. The minimum atomic E-state index is -0.717. The minimum Gasteiger partial charge on any atom is -0.465 e. The van der Waals surface area contributed by atoms with Gasteiger partial charge in [-0.05, 0) is 41.0 Å². The van der Waals surface area contributed by atoms with E-state index in [1.165, 1.54) is 19.2 Å². The van der Waals surface area contributed by atoms with Gasteiger partial charge in [0.1, 0.15) is 12.0 Å². The second kappa shape index (κ2) is 14.0. The molecule has 0 fully saturated rings. The van der Waals surface area contributed by atoms with E-state index in [2.05, 4.69) is 15.6 Å². The molecule has 0 saturated heterocycles. The van der Waals surface area contributed by atoms with Gasteiger partial charge in [-0.2, -0.15) is 0 Å². The Morgan fingerprint density at radius 3 is 2.44 bits per heavy atom. The number of nitro groups is 1. The number of aliphatic hydroxyl groups is 1. The van der Waals surface area contributed by atoms with Crippen molar-refractivity contribution in [2.75, 3.05) is 25.5 Å². The van der Waals surface area contributed by atoms with Crippen LogP contribution in [0.15, 0.2) is 78.7 Å². The lowest BCUT2D eigenvalue weighted by molar-refractivity contribution is -0.385. The van der Waals surface area contributed by atoms with Crippen LogP contribution >= 0.6 is 0 Å². The van der Waals surface area contributed by atoms with Crippen LogP contribution in [0.4, 0.5) is 11.5 Å². The molecule has 3 N–H and O–H groups in total. The number of carbonyl (C=O) groups excluding carboxylic acids is 2. The highest BCUT2D eigenvalue weighted by molar-refractivity contribution is 5.92. The number of allylic oxidation sites excluding steroid dienone is 1. The van der Waals surface area contributed by atoms with Crippen LogP contribution in [0.25, 0.3) is 0 Å². The van der Waals surface area contributed by atoms with Gasteiger partial charge in [0.25, 0.3) is 11.6 Å². The average Bonchev–Trinajstić information content (AvgIpc) is 3.02. The van der Waals surface area contributed by atoms with E-state index in [1.54, 1.807) is 30.3 Å². The lowest BCUT2D eigenvalue weighted by atomic mass is 9.92. The lowest BCUT2D eigenvalue weighted by Crippen LogP contribution is -2.35. The monoisotopic (exact) mass is 562 g/mol. The number of hydrogen-bond acceptors (Lipinski definition) is 10. The Labute approximate surface area is 236 Å². The van der Waals surface area contributed by atoms with Crippen molar-refractivity contribution >= 4 is 23.4 Å². The molecular weight excluding hydrogens is 532 g/mol. The van der Waals surface area contributed by atoms with Gasteiger partial charge in [-0.15, -0.1) is 0 Å². The van der Waals surface area contributed by atoms with Gasteiger partial charge in [-0.1, -0.05) is 36.4 Å². The fourth-order valence-corrected chi connectivity index (χ4v) is 4.12. The first-order chi connectivity index (χ1) is 19.9. The zero-order chi connectivity index (χ0) is 29.2. The normalized spacial score (nSPS) is 16.2. The summed E-state index contributed by atoms with van der Waals surface area (Å²) in [4.78, 5) is 39.1. The van der Waals surface area contributed by atoms with Gasteiger partial charge in [0.15, 0.2) is 5.76 Å². The zero-order valence-electron chi connectivity index (χ0n) is 22.3. The van der Waals surface area contributed by atoms with Crippen LogP contribution < -0.4 is 10.6 Å². The van der Waals surface area contributed by atoms with Crippen molar-refractivity contribution < 1.29 is 33.8 Å². The van der Waals surface area contributed by atoms with Gasteiger partial charge in [-0.25, -0.2) is 9.78 Å². The van der Waals surface area contributed by atoms with E-state index in [1.807, 2.05) is 24.3 Å². The van der Waals surface area contributed by atoms with Gasteiger partial charge in [-0.3, -0.25) is 14.9 Å². The summed E-state index contributed by atoms with van der Waals surface area (Å²) in [7, 11) is 1.32. The highest BCUT2D eigenvalue weighted by Gasteiger charge is 2.29. The maximum absolute atomic E-state index is 13.0. The van der Waals surface area contributed by atoms with Crippen molar-refractivity contribution in [1.82, 2.24) is 10.3 Å². The molecule has 2 heterocycles. The van der Waals surface area contributed by atoms with Crippen molar-refractivity contribution in [3.63, 3.8) is 0 Å². The van der Waals surface area contributed by atoms with Gasteiger partial charge in [0.2, 0.25) is 6.29 Å². The number of ether oxygens (including phenoxy) is 3. The number of anilines is 1. The van der Waals surface area contributed by atoms with Crippen molar-refractivity contribution in [3.8, 4) is 0 Å². The number of pyridine rings is 1. The first-order valence-corrected chi connectivity index (χ1v) is 12.9. The third-order valence-corrected chi connectivity index (χ3v) is 6.36. The predicted octanol–water partition coefficient (Wildman–Crippen LogP) is 3.43. The molecule has 0 saturated carbocycles. The molecule has 0 aliphatic carbocycles. The molecule has 12 heteroatoms. The molecule has 1 amide bonds. The molecule has 3 aromatic rings. The molecule has 1 aliphatic rings. The van der Waals surface area contributed by atoms with Crippen LogP contribution in [0, 0.1) is 10.1 Å². The maximum Gasteiger partial charge on any atom is 0.337 e. The van der Waals surface area contributed by atoms with Crippen LogP contribution in [-0.4, -0.2) is 53.4 Å². The smallest absolute Gasteiger partial charge is 0.337 e. The number of aromatic nitrogens is 1. The number of nitrogens with zero attached hydrogens (tertiary/aromatic N) is 2. The standard InChI is InChI=1S/C29H30N4O8/c1-39-29(36)22-8-6-21(7-9-22)23-14-25(41-27(15-23)40-18-20-4-2-19(17-34)3-5-20)28(35)31-13-12-30-26-11-10-24(16-32-26)33(37)38/h2-11,14,16,23,27,34H,12-13,15,17-18H2,1H3,(H,30,32)(H,31,35)/t23-,27+/m1/s1. The van der Waals surface area contributed by atoms with Crippen LogP contribution in [0.5, 0.6) is 0 Å². The fraction of sp³-hybridized carbons (Fsp3) is 0.276. The van der Waals surface area contributed by atoms with Crippen molar-refractivity contribution in [3.05, 3.63) is 111 Å². The Morgan fingerprint density at radius 1 is 1.07 bits per heavy atom. The Morgan fingerprint density at radius 2 is 1.80 bits per heavy atom. The highest BCUT2D eigenvalue weighted by Crippen LogP contribution is 2.32. The number of carbonyl (C=O) groups is 2. The molecule has 1 aliphatic heterocycles. The molecule has 2 atom stereocenters. The number of methoxy groups -OCH3 is 1. The van der Waals surface area contributed by atoms with E-state index < -0.39 is 23.1 Å². The van der Waals surface area contributed by atoms with Crippen molar-refractivity contribution in [2.45, 2.75) is 31.8 Å². The Balaban J connectivity index is 1.40. The van der Waals surface area contributed by atoms with E-state index in [0.717, 1.165) is 22.9 Å². The summed E-state index contributed by atoms with van der Waals surface area (Å²) in [6.45, 7) is 0.753. The van der Waals surface area contributed by atoms with Gasteiger partial charge in [0.05, 0.1) is 30.8 Å². The number of esters is 1. The SMILES string of the molecule is COC(=O)c1ccc([C@@H]2C=C(C(=O)NCCNc3ccc([N+](=O)[O-])cn3)O[C@H](OCc3ccc(CO)cc3)C2)cc1. The number of amides is 1. The Hall–Kier alpha value is -4.81. The summed E-state index contributed by atoms with van der Waals surface area (Å²) >= 11 is 0. The van der Waals surface area contributed by atoms with Crippen molar-refractivity contribution in [1.29, 1.82) is 0 Å². The average molecular weight is 563 g/mol. The number of nitrogens with one attached hydrogen (secondary N) is 2. The summed E-state index contributed by atoms with van der Waals surface area (Å²) in [6, 6.07) is 17.1. The molecule has 4 rings (SSSR count). The van der Waals surface area contributed by atoms with Crippen molar-refractivity contribution in [2.24, 2.45) is 0 Å². The van der Waals surface area contributed by atoms with E-state index in [-0.39, 0.29) is 37.1 Å². The third kappa shape index (κ3) is 8.10. The van der Waals surface area contributed by atoms with E-state index in [4.69, 9.17) is 14.2 Å². The molecule has 0 bridgehead atoms. The third-order valence-electron chi connectivity index (χ3n) is 6.36. The Bertz CT molecular complexity index is 1380. The quantitative estimate of drug-likeness (QED) is 0.129. The molecule has 2 aromatic carbocycles. The van der Waals surface area contributed by atoms with E-state index in [9.17, 15) is 24.8 Å². The van der Waals surface area contributed by atoms with Gasteiger partial charge in [0, 0.05) is 31.5 Å². The molecule has 0 spiro atoms. The molecular formula is C29H30N4O8. The van der Waals surface area contributed by atoms with Gasteiger partial charge >= 0.3 is 5.97 Å². The number of aliphatic hydroxyl groups excluding tert-OH is 1. The first-order valence-electron chi connectivity index (χ1n) is 12.9. The summed E-state index contributed by atoms with van der Waals surface area (Å²) in [6.07, 6.45) is 2.60. The summed E-state index contributed by atoms with van der Waals surface area (Å²) < 4.78 is 16.7. The molecule has 0 unspecified atom stereocenters. The summed E-state index contributed by atoms with van der Waals surface area (Å²) in [5.41, 5.74) is 2.85. The van der Waals surface area contributed by atoms with E-state index >= 15 is 0 Å². The fourth-order valence-electron chi connectivity index (χ4n) is 4.12. The predicted molar refractivity (Wildman–Crippen MR) is 148 cm³/mol. The van der Waals surface area contributed by atoms with E-state index in [0.29, 0.717) is 24.3 Å². The number of benzene rings is 2. The molecule has 1 aromatic heterocycles. The molecule has 0 radical (unpaired) electrons. The Kier molecular flexibility index (Phi) is 9.97. The van der Waals surface area contributed by atoms with Crippen LogP contribution in [-0.2, 0) is 32.2 Å². The second-order valence-electron chi connectivity index (χ2n) is 9.16. The van der Waals surface area contributed by atoms with Gasteiger partial charge < -0.3 is 30.0 Å². The summed E-state index contributed by atoms with van der Waals surface area (Å²) in [5.74, 6) is -0.549. The largest absolute Gasteiger partial charge is 0.465 e. The van der Waals surface area contributed by atoms with Crippen LogP contribution in [0.3, 0.4) is 0 Å². The highest BCUT2D eigenvalue weighted by atomic mass is 16.7.